The van der Waals surface area contributed by atoms with Crippen molar-refractivity contribution in [2.24, 2.45) is 11.7 Å². The van der Waals surface area contributed by atoms with Gasteiger partial charge in [-0.15, -0.1) is 0 Å². The second-order valence-electron chi connectivity index (χ2n) is 9.15. The molecule has 1 saturated carbocycles. The minimum Gasteiger partial charge on any atom is -0.395 e. The van der Waals surface area contributed by atoms with E-state index in [4.69, 9.17) is 23.1 Å². The van der Waals surface area contributed by atoms with Crippen molar-refractivity contribution in [1.29, 1.82) is 0 Å². The molecule has 0 bridgehead atoms. The van der Waals surface area contributed by atoms with Crippen LogP contribution in [0.25, 0.3) is 0 Å². The van der Waals surface area contributed by atoms with E-state index in [0.29, 0.717) is 17.0 Å². The Morgan fingerprint density at radius 2 is 1.88 bits per heavy atom. The van der Waals surface area contributed by atoms with E-state index in [1.54, 1.807) is 12.1 Å². The molecule has 1 aromatic heterocycles. The van der Waals surface area contributed by atoms with Crippen LogP contribution in [0.5, 0.6) is 0 Å². The van der Waals surface area contributed by atoms with E-state index in [1.165, 1.54) is 11.3 Å². The standard InChI is InChI=1S/C24H32ClN5O3S/c1-14(2)12-18(23(32)28-16-9-4-3-5-10-16)30(13-15-8-6-7-11-17(15)25)24(33)21-19(26)20(22(27)31)29-34-21/h6-8,11,14,16,18H,3-5,9-10,12-13,26H2,1-2H3,(H2,27,31)(H,28,32). The first-order valence-corrected chi connectivity index (χ1v) is 12.7. The van der Waals surface area contributed by atoms with Crippen molar-refractivity contribution < 1.29 is 14.4 Å². The van der Waals surface area contributed by atoms with Crippen molar-refractivity contribution in [1.82, 2.24) is 14.6 Å². The van der Waals surface area contributed by atoms with Gasteiger partial charge in [0.15, 0.2) is 5.69 Å². The highest BCUT2D eigenvalue weighted by atomic mass is 35.5. The molecule has 2 aromatic rings. The summed E-state index contributed by atoms with van der Waals surface area (Å²) < 4.78 is 3.97. The molecule has 1 unspecified atom stereocenters. The van der Waals surface area contributed by atoms with Gasteiger partial charge in [0.2, 0.25) is 5.91 Å². The summed E-state index contributed by atoms with van der Waals surface area (Å²) in [4.78, 5) is 40.5. The number of rotatable bonds is 9. The number of carbonyl (C=O) groups is 3. The van der Waals surface area contributed by atoms with Crippen LogP contribution < -0.4 is 16.8 Å². The SMILES string of the molecule is CC(C)CC(C(=O)NC1CCCCC1)N(Cc1ccccc1Cl)C(=O)c1snc(C(N)=O)c1N. The predicted octanol–water partition coefficient (Wildman–Crippen LogP) is 3.98. The molecule has 1 heterocycles. The zero-order chi connectivity index (χ0) is 24.8. The van der Waals surface area contributed by atoms with Gasteiger partial charge in [0.05, 0.1) is 5.69 Å². The lowest BCUT2D eigenvalue weighted by Crippen LogP contribution is -2.52. The van der Waals surface area contributed by atoms with Gasteiger partial charge in [0, 0.05) is 17.6 Å². The Morgan fingerprint density at radius 3 is 2.47 bits per heavy atom. The van der Waals surface area contributed by atoms with Crippen LogP contribution >= 0.6 is 23.1 Å². The second kappa shape index (κ2) is 11.7. The number of benzene rings is 1. The Hall–Kier alpha value is -2.65. The first kappa shape index (κ1) is 26.0. The number of aromatic nitrogens is 1. The molecular formula is C24H32ClN5O3S. The summed E-state index contributed by atoms with van der Waals surface area (Å²) in [7, 11) is 0. The highest BCUT2D eigenvalue weighted by Crippen LogP contribution is 2.28. The maximum atomic E-state index is 13.8. The molecule has 1 aromatic carbocycles. The van der Waals surface area contributed by atoms with E-state index >= 15 is 0 Å². The molecule has 1 atom stereocenters. The van der Waals surface area contributed by atoms with E-state index in [9.17, 15) is 14.4 Å². The zero-order valence-corrected chi connectivity index (χ0v) is 21.1. The lowest BCUT2D eigenvalue weighted by molar-refractivity contribution is -0.127. The lowest BCUT2D eigenvalue weighted by Gasteiger charge is -2.34. The highest BCUT2D eigenvalue weighted by Gasteiger charge is 2.35. The van der Waals surface area contributed by atoms with Crippen LogP contribution in [0, 0.1) is 5.92 Å². The number of carbonyl (C=O) groups excluding carboxylic acids is 3. The van der Waals surface area contributed by atoms with Gasteiger partial charge in [-0.05, 0) is 48.3 Å². The van der Waals surface area contributed by atoms with Crippen LogP contribution in [0.15, 0.2) is 24.3 Å². The smallest absolute Gasteiger partial charge is 0.270 e. The molecule has 1 aliphatic rings. The van der Waals surface area contributed by atoms with E-state index in [0.717, 1.165) is 37.2 Å². The average molecular weight is 506 g/mol. The normalized spacial score (nSPS) is 15.2. The third-order valence-corrected chi connectivity index (χ3v) is 7.26. The molecule has 34 heavy (non-hydrogen) atoms. The van der Waals surface area contributed by atoms with E-state index in [-0.39, 0.29) is 40.7 Å². The van der Waals surface area contributed by atoms with Gasteiger partial charge in [0.25, 0.3) is 11.8 Å². The number of halogens is 1. The van der Waals surface area contributed by atoms with Crippen molar-refractivity contribution in [3.05, 3.63) is 45.4 Å². The van der Waals surface area contributed by atoms with Crippen molar-refractivity contribution in [3.63, 3.8) is 0 Å². The summed E-state index contributed by atoms with van der Waals surface area (Å²) in [6.45, 7) is 4.12. The van der Waals surface area contributed by atoms with Gasteiger partial charge >= 0.3 is 0 Å². The first-order chi connectivity index (χ1) is 16.2. The molecule has 10 heteroatoms. The molecule has 0 aliphatic heterocycles. The number of amides is 3. The third kappa shape index (κ3) is 6.27. The molecule has 8 nitrogen and oxygen atoms in total. The van der Waals surface area contributed by atoms with E-state index in [1.807, 2.05) is 26.0 Å². The van der Waals surface area contributed by atoms with Crippen molar-refractivity contribution in [2.45, 2.75) is 71.0 Å². The van der Waals surface area contributed by atoms with Crippen molar-refractivity contribution in [3.8, 4) is 0 Å². The number of nitrogens with zero attached hydrogens (tertiary/aromatic N) is 2. The number of nitrogen functional groups attached to an aromatic ring is 1. The van der Waals surface area contributed by atoms with Gasteiger partial charge in [-0.1, -0.05) is 62.9 Å². The fourth-order valence-electron chi connectivity index (χ4n) is 4.26. The summed E-state index contributed by atoms with van der Waals surface area (Å²) in [6, 6.07) is 6.55. The second-order valence-corrected chi connectivity index (χ2v) is 10.3. The molecule has 3 amide bonds. The van der Waals surface area contributed by atoms with E-state index in [2.05, 4.69) is 9.69 Å². The molecule has 3 rings (SSSR count). The molecule has 1 fully saturated rings. The number of nitrogens with two attached hydrogens (primary N) is 2. The zero-order valence-electron chi connectivity index (χ0n) is 19.6. The Labute approximate surface area is 209 Å². The topological polar surface area (TPSA) is 131 Å². The Kier molecular flexibility index (Phi) is 8.90. The maximum Gasteiger partial charge on any atom is 0.270 e. The number of nitrogens with one attached hydrogen (secondary N) is 1. The summed E-state index contributed by atoms with van der Waals surface area (Å²) in [5.41, 5.74) is 11.9. The number of hydrogen-bond acceptors (Lipinski definition) is 6. The predicted molar refractivity (Wildman–Crippen MR) is 135 cm³/mol. The quantitative estimate of drug-likeness (QED) is 0.474. The van der Waals surface area contributed by atoms with Crippen LogP contribution in [0.3, 0.4) is 0 Å². The number of anilines is 1. The van der Waals surface area contributed by atoms with Crippen LogP contribution in [-0.4, -0.2) is 39.1 Å². The Morgan fingerprint density at radius 1 is 1.21 bits per heavy atom. The first-order valence-electron chi connectivity index (χ1n) is 11.6. The minimum atomic E-state index is -0.806. The third-order valence-electron chi connectivity index (χ3n) is 6.04. The number of primary amides is 1. The molecule has 1 aliphatic carbocycles. The lowest BCUT2D eigenvalue weighted by atomic mass is 9.94. The maximum absolute atomic E-state index is 13.8. The van der Waals surface area contributed by atoms with Gasteiger partial charge < -0.3 is 21.7 Å². The molecular weight excluding hydrogens is 474 g/mol. The molecule has 0 radical (unpaired) electrons. The largest absolute Gasteiger partial charge is 0.395 e. The Bertz CT molecular complexity index is 1040. The van der Waals surface area contributed by atoms with Crippen molar-refractivity contribution >= 4 is 46.5 Å². The van der Waals surface area contributed by atoms with Crippen LogP contribution in [0.4, 0.5) is 5.69 Å². The summed E-state index contributed by atoms with van der Waals surface area (Å²) >= 11 is 7.22. The summed E-state index contributed by atoms with van der Waals surface area (Å²) in [5, 5.41) is 3.66. The Balaban J connectivity index is 1.99. The van der Waals surface area contributed by atoms with Crippen LogP contribution in [-0.2, 0) is 11.3 Å². The van der Waals surface area contributed by atoms with Crippen LogP contribution in [0.2, 0.25) is 5.02 Å². The molecule has 5 N–H and O–H groups in total. The average Bonchev–Trinajstić information content (AvgIpc) is 3.19. The van der Waals surface area contributed by atoms with Gasteiger partial charge in [0.1, 0.15) is 10.9 Å². The van der Waals surface area contributed by atoms with Gasteiger partial charge in [-0.2, -0.15) is 4.37 Å². The summed E-state index contributed by atoms with van der Waals surface area (Å²) in [5.74, 6) is -1.34. The summed E-state index contributed by atoms with van der Waals surface area (Å²) in [6.07, 6.45) is 5.65. The molecule has 0 spiro atoms. The van der Waals surface area contributed by atoms with Crippen LogP contribution in [0.1, 0.15) is 78.1 Å². The number of hydrogen-bond donors (Lipinski definition) is 3. The van der Waals surface area contributed by atoms with Gasteiger partial charge in [-0.25, -0.2) is 0 Å². The van der Waals surface area contributed by atoms with Gasteiger partial charge in [-0.3, -0.25) is 14.4 Å². The highest BCUT2D eigenvalue weighted by molar-refractivity contribution is 7.09. The minimum absolute atomic E-state index is 0.0670. The van der Waals surface area contributed by atoms with Crippen molar-refractivity contribution in [2.75, 3.05) is 5.73 Å². The fraction of sp³-hybridized carbons (Fsp3) is 0.500. The van der Waals surface area contributed by atoms with E-state index < -0.39 is 17.9 Å². The fourth-order valence-corrected chi connectivity index (χ4v) is 5.22. The molecule has 184 valence electrons. The monoisotopic (exact) mass is 505 g/mol. The molecule has 0 saturated heterocycles.